The molecule has 0 aliphatic heterocycles. The van der Waals surface area contributed by atoms with Crippen LogP contribution in [0.3, 0.4) is 0 Å². The molecule has 124 valence electrons. The Balaban J connectivity index is 1.85. The standard InChI is InChI=1S/C17H12ClN5OS/c1-23-10-20-22-17(23)25-15-7-6-13(18)8-14(15)21-16(24)12-4-2-11(9-19)3-5-12/h2-8,10H,1H3,(H,21,24). The minimum absolute atomic E-state index is 0.286. The van der Waals surface area contributed by atoms with E-state index in [0.717, 1.165) is 4.90 Å². The topological polar surface area (TPSA) is 83.6 Å². The summed E-state index contributed by atoms with van der Waals surface area (Å²) in [6.45, 7) is 0. The van der Waals surface area contributed by atoms with Crippen molar-refractivity contribution in [2.75, 3.05) is 5.32 Å². The van der Waals surface area contributed by atoms with Gasteiger partial charge in [-0.05, 0) is 54.2 Å². The molecule has 3 rings (SSSR count). The molecule has 25 heavy (non-hydrogen) atoms. The molecule has 8 heteroatoms. The van der Waals surface area contributed by atoms with Gasteiger partial charge < -0.3 is 9.88 Å². The van der Waals surface area contributed by atoms with Crippen molar-refractivity contribution in [1.82, 2.24) is 14.8 Å². The number of halogens is 1. The van der Waals surface area contributed by atoms with E-state index in [1.165, 1.54) is 11.8 Å². The number of carbonyl (C=O) groups is 1. The number of benzene rings is 2. The van der Waals surface area contributed by atoms with Gasteiger partial charge in [0.15, 0.2) is 5.16 Å². The van der Waals surface area contributed by atoms with Crippen molar-refractivity contribution in [3.8, 4) is 6.07 Å². The van der Waals surface area contributed by atoms with E-state index >= 15 is 0 Å². The summed E-state index contributed by atoms with van der Waals surface area (Å²) in [7, 11) is 1.84. The van der Waals surface area contributed by atoms with Crippen LogP contribution in [0.5, 0.6) is 0 Å². The van der Waals surface area contributed by atoms with E-state index in [0.29, 0.717) is 27.0 Å². The maximum atomic E-state index is 12.5. The van der Waals surface area contributed by atoms with Gasteiger partial charge in [0.25, 0.3) is 5.91 Å². The largest absolute Gasteiger partial charge is 0.321 e. The first-order valence-corrected chi connectivity index (χ1v) is 8.39. The quantitative estimate of drug-likeness (QED) is 0.757. The molecule has 1 amide bonds. The zero-order chi connectivity index (χ0) is 17.8. The van der Waals surface area contributed by atoms with E-state index in [2.05, 4.69) is 15.5 Å². The van der Waals surface area contributed by atoms with Crippen LogP contribution in [0.4, 0.5) is 5.69 Å². The highest BCUT2D eigenvalue weighted by Crippen LogP contribution is 2.34. The number of rotatable bonds is 4. The molecule has 1 aromatic heterocycles. The maximum Gasteiger partial charge on any atom is 0.255 e. The summed E-state index contributed by atoms with van der Waals surface area (Å²) in [5, 5.41) is 20.8. The summed E-state index contributed by atoms with van der Waals surface area (Å²) in [5.41, 5.74) is 1.53. The Bertz CT molecular complexity index is 962. The van der Waals surface area contributed by atoms with Crippen LogP contribution in [0, 0.1) is 11.3 Å². The molecule has 0 bridgehead atoms. The molecule has 0 radical (unpaired) electrons. The van der Waals surface area contributed by atoms with Crippen LogP contribution < -0.4 is 5.32 Å². The Hall–Kier alpha value is -2.82. The molecule has 1 N–H and O–H groups in total. The predicted molar refractivity (Wildman–Crippen MR) is 95.7 cm³/mol. The van der Waals surface area contributed by atoms with Crippen molar-refractivity contribution in [1.29, 1.82) is 5.26 Å². The van der Waals surface area contributed by atoms with Gasteiger partial charge in [-0.1, -0.05) is 11.6 Å². The van der Waals surface area contributed by atoms with Crippen molar-refractivity contribution >= 4 is 35.0 Å². The molecule has 0 aliphatic carbocycles. The molecule has 0 unspecified atom stereocenters. The summed E-state index contributed by atoms with van der Waals surface area (Å²) in [4.78, 5) is 13.3. The van der Waals surface area contributed by atoms with Crippen molar-refractivity contribution in [2.45, 2.75) is 10.1 Å². The van der Waals surface area contributed by atoms with Gasteiger partial charge in [0, 0.05) is 22.5 Å². The lowest BCUT2D eigenvalue weighted by molar-refractivity contribution is 0.102. The zero-order valence-corrected chi connectivity index (χ0v) is 14.7. The number of hydrogen-bond acceptors (Lipinski definition) is 5. The van der Waals surface area contributed by atoms with Crippen LogP contribution in [0.2, 0.25) is 5.02 Å². The molecule has 0 saturated carbocycles. The van der Waals surface area contributed by atoms with E-state index < -0.39 is 0 Å². The van der Waals surface area contributed by atoms with E-state index in [1.54, 1.807) is 47.3 Å². The number of hydrogen-bond donors (Lipinski definition) is 1. The Morgan fingerprint density at radius 2 is 2.04 bits per heavy atom. The number of anilines is 1. The summed E-state index contributed by atoms with van der Waals surface area (Å²) >= 11 is 7.44. The van der Waals surface area contributed by atoms with E-state index in [4.69, 9.17) is 16.9 Å². The molecule has 0 fully saturated rings. The summed E-state index contributed by atoms with van der Waals surface area (Å²) in [6, 6.07) is 13.7. The van der Waals surface area contributed by atoms with Crippen LogP contribution in [-0.2, 0) is 7.05 Å². The third-order valence-corrected chi connectivity index (χ3v) is 4.70. The lowest BCUT2D eigenvalue weighted by Crippen LogP contribution is -2.12. The molecule has 3 aromatic rings. The number of nitrogens with one attached hydrogen (secondary N) is 1. The first-order chi connectivity index (χ1) is 12.1. The molecule has 0 spiro atoms. The van der Waals surface area contributed by atoms with E-state index in [9.17, 15) is 4.79 Å². The molecule has 2 aromatic carbocycles. The number of nitrogens with zero attached hydrogens (tertiary/aromatic N) is 4. The highest BCUT2D eigenvalue weighted by molar-refractivity contribution is 7.99. The van der Waals surface area contributed by atoms with Gasteiger partial charge in [0.1, 0.15) is 6.33 Å². The van der Waals surface area contributed by atoms with E-state index in [1.807, 2.05) is 19.2 Å². The summed E-state index contributed by atoms with van der Waals surface area (Å²) < 4.78 is 1.78. The Kier molecular flexibility index (Phi) is 5.03. The van der Waals surface area contributed by atoms with Crippen molar-refractivity contribution < 1.29 is 4.79 Å². The zero-order valence-electron chi connectivity index (χ0n) is 13.1. The molecule has 1 heterocycles. The second-order valence-electron chi connectivity index (χ2n) is 5.11. The highest BCUT2D eigenvalue weighted by atomic mass is 35.5. The molecule has 0 atom stereocenters. The second kappa shape index (κ2) is 7.38. The smallest absolute Gasteiger partial charge is 0.255 e. The van der Waals surface area contributed by atoms with Gasteiger partial charge in [0.05, 0.1) is 17.3 Å². The van der Waals surface area contributed by atoms with Crippen molar-refractivity contribution in [2.24, 2.45) is 7.05 Å². The first kappa shape index (κ1) is 17.0. The lowest BCUT2D eigenvalue weighted by Gasteiger charge is -2.11. The van der Waals surface area contributed by atoms with Gasteiger partial charge in [-0.25, -0.2) is 0 Å². The first-order valence-electron chi connectivity index (χ1n) is 7.20. The van der Waals surface area contributed by atoms with Gasteiger partial charge in [-0.15, -0.1) is 10.2 Å². The number of nitriles is 1. The molecular formula is C17H12ClN5OS. The minimum Gasteiger partial charge on any atom is -0.321 e. The average Bonchev–Trinajstić information content (AvgIpc) is 3.02. The van der Waals surface area contributed by atoms with Crippen LogP contribution in [0.1, 0.15) is 15.9 Å². The van der Waals surface area contributed by atoms with Gasteiger partial charge in [0.2, 0.25) is 0 Å². The van der Waals surface area contributed by atoms with Crippen LogP contribution in [0.25, 0.3) is 0 Å². The fraction of sp³-hybridized carbons (Fsp3) is 0.0588. The molecular weight excluding hydrogens is 358 g/mol. The third-order valence-electron chi connectivity index (χ3n) is 3.34. The lowest BCUT2D eigenvalue weighted by atomic mass is 10.1. The Morgan fingerprint density at radius 3 is 2.68 bits per heavy atom. The normalized spacial score (nSPS) is 10.3. The monoisotopic (exact) mass is 369 g/mol. The van der Waals surface area contributed by atoms with E-state index in [-0.39, 0.29) is 5.91 Å². The Labute approximate surface area is 153 Å². The number of carbonyl (C=O) groups excluding carboxylic acids is 1. The SMILES string of the molecule is Cn1cnnc1Sc1ccc(Cl)cc1NC(=O)c1ccc(C#N)cc1. The highest BCUT2D eigenvalue weighted by Gasteiger charge is 2.13. The number of aryl methyl sites for hydroxylation is 1. The number of aromatic nitrogens is 3. The fourth-order valence-electron chi connectivity index (χ4n) is 2.04. The molecule has 6 nitrogen and oxygen atoms in total. The third kappa shape index (κ3) is 3.99. The fourth-order valence-corrected chi connectivity index (χ4v) is 3.05. The summed E-state index contributed by atoms with van der Waals surface area (Å²) in [6.07, 6.45) is 1.60. The Morgan fingerprint density at radius 1 is 1.28 bits per heavy atom. The van der Waals surface area contributed by atoms with Crippen molar-refractivity contribution in [3.63, 3.8) is 0 Å². The van der Waals surface area contributed by atoms with Crippen LogP contribution >= 0.6 is 23.4 Å². The van der Waals surface area contributed by atoms with Crippen molar-refractivity contribution in [3.05, 3.63) is 64.9 Å². The predicted octanol–water partition coefficient (Wildman–Crippen LogP) is 3.74. The van der Waals surface area contributed by atoms with Crippen LogP contribution in [0.15, 0.2) is 58.8 Å². The van der Waals surface area contributed by atoms with Crippen LogP contribution in [-0.4, -0.2) is 20.7 Å². The average molecular weight is 370 g/mol. The van der Waals surface area contributed by atoms with Gasteiger partial charge in [-0.3, -0.25) is 4.79 Å². The maximum absolute atomic E-state index is 12.5. The van der Waals surface area contributed by atoms with Gasteiger partial charge in [-0.2, -0.15) is 5.26 Å². The summed E-state index contributed by atoms with van der Waals surface area (Å²) in [5.74, 6) is -0.286. The minimum atomic E-state index is -0.286. The number of amides is 1. The van der Waals surface area contributed by atoms with Gasteiger partial charge >= 0.3 is 0 Å². The second-order valence-corrected chi connectivity index (χ2v) is 6.56. The molecule has 0 saturated heterocycles. The molecule has 0 aliphatic rings.